The molecular weight excluding hydrogens is 424 g/mol. The van der Waals surface area contributed by atoms with Gasteiger partial charge in [-0.25, -0.2) is 13.1 Å². The zero-order chi connectivity index (χ0) is 23.1. The van der Waals surface area contributed by atoms with Crippen molar-refractivity contribution in [3.8, 4) is 6.07 Å². The van der Waals surface area contributed by atoms with Crippen molar-refractivity contribution in [2.75, 3.05) is 26.2 Å². The van der Waals surface area contributed by atoms with E-state index in [-0.39, 0.29) is 16.8 Å². The first kappa shape index (κ1) is 23.9. The van der Waals surface area contributed by atoms with Crippen LogP contribution in [0.25, 0.3) is 0 Å². The van der Waals surface area contributed by atoms with Gasteiger partial charge in [0.15, 0.2) is 0 Å². The van der Waals surface area contributed by atoms with Crippen LogP contribution in [0.4, 0.5) is 0 Å². The third kappa shape index (κ3) is 6.16. The van der Waals surface area contributed by atoms with Crippen molar-refractivity contribution in [2.45, 2.75) is 44.2 Å². The van der Waals surface area contributed by atoms with Crippen LogP contribution in [0.2, 0.25) is 0 Å². The Hall–Kier alpha value is -2.73. The topological polar surface area (TPSA) is 93.5 Å². The number of carbonyl (C=O) groups is 1. The van der Waals surface area contributed by atoms with Gasteiger partial charge in [-0.3, -0.25) is 9.69 Å². The molecule has 1 N–H and O–H groups in total. The van der Waals surface area contributed by atoms with E-state index in [1.807, 2.05) is 43.0 Å². The number of hydrogen-bond donors (Lipinski definition) is 1. The molecule has 2 aromatic carbocycles. The number of benzene rings is 2. The molecule has 1 atom stereocenters. The largest absolute Gasteiger partial charge is 0.337 e. The first-order valence-corrected chi connectivity index (χ1v) is 12.4. The average Bonchev–Trinajstić information content (AvgIpc) is 3.04. The molecule has 0 aliphatic carbocycles. The van der Waals surface area contributed by atoms with Gasteiger partial charge < -0.3 is 4.90 Å². The van der Waals surface area contributed by atoms with Gasteiger partial charge in [0.2, 0.25) is 10.0 Å². The highest BCUT2D eigenvalue weighted by Gasteiger charge is 2.22. The maximum absolute atomic E-state index is 13.0. The molecule has 7 nitrogen and oxygen atoms in total. The van der Waals surface area contributed by atoms with Crippen LogP contribution < -0.4 is 4.72 Å². The Bertz CT molecular complexity index is 1060. The Morgan fingerprint density at radius 3 is 2.38 bits per heavy atom. The van der Waals surface area contributed by atoms with Gasteiger partial charge in [-0.05, 0) is 61.7 Å². The molecule has 32 heavy (non-hydrogen) atoms. The second-order valence-corrected chi connectivity index (χ2v) is 9.90. The smallest absolute Gasteiger partial charge is 0.253 e. The molecule has 1 aliphatic rings. The number of nitrogens with zero attached hydrogens (tertiary/aromatic N) is 3. The fourth-order valence-electron chi connectivity index (χ4n) is 3.65. The number of carbonyl (C=O) groups excluding carboxylic acids is 1. The summed E-state index contributed by atoms with van der Waals surface area (Å²) in [5.74, 6) is -0.0796. The first-order valence-electron chi connectivity index (χ1n) is 11.0. The lowest BCUT2D eigenvalue weighted by Gasteiger charge is -2.22. The van der Waals surface area contributed by atoms with Crippen LogP contribution in [0.1, 0.15) is 48.2 Å². The van der Waals surface area contributed by atoms with E-state index in [2.05, 4.69) is 15.7 Å². The number of nitrogens with one attached hydrogen (secondary N) is 1. The fourth-order valence-corrected chi connectivity index (χ4v) is 4.98. The molecule has 0 radical (unpaired) electrons. The van der Waals surface area contributed by atoms with Gasteiger partial charge >= 0.3 is 0 Å². The predicted octanol–water partition coefficient (Wildman–Crippen LogP) is 2.98. The van der Waals surface area contributed by atoms with E-state index in [0.29, 0.717) is 30.6 Å². The summed E-state index contributed by atoms with van der Waals surface area (Å²) in [6.45, 7) is 7.45. The highest BCUT2D eigenvalue weighted by Crippen LogP contribution is 2.16. The third-order valence-corrected chi connectivity index (χ3v) is 7.35. The molecule has 2 aromatic rings. The SMILES string of the molecule is CC[C@H](C)NS(=O)(=O)c1ccc(C(=O)N2CCCN(Cc3ccc(C#N)cc3)CC2)cc1. The van der Waals surface area contributed by atoms with Crippen molar-refractivity contribution in [1.29, 1.82) is 5.26 Å². The normalized spacial score (nSPS) is 16.2. The zero-order valence-corrected chi connectivity index (χ0v) is 19.4. The standard InChI is InChI=1S/C24H30N4O3S/c1-3-19(2)26-32(30,31)23-11-9-22(10-12-23)24(29)28-14-4-13-27(15-16-28)18-21-7-5-20(17-25)6-8-21/h5-12,19,26H,3-4,13-16,18H2,1-2H3/t19-/m0/s1. The van der Waals surface area contributed by atoms with Crippen molar-refractivity contribution < 1.29 is 13.2 Å². The van der Waals surface area contributed by atoms with Gasteiger partial charge in [-0.15, -0.1) is 0 Å². The van der Waals surface area contributed by atoms with Crippen LogP contribution in [-0.2, 0) is 16.6 Å². The molecule has 0 saturated carbocycles. The van der Waals surface area contributed by atoms with Crippen molar-refractivity contribution in [2.24, 2.45) is 0 Å². The summed E-state index contributed by atoms with van der Waals surface area (Å²) < 4.78 is 27.5. The second-order valence-electron chi connectivity index (χ2n) is 8.19. The van der Waals surface area contributed by atoms with Crippen molar-refractivity contribution in [3.05, 3.63) is 65.2 Å². The summed E-state index contributed by atoms with van der Waals surface area (Å²) in [6.07, 6.45) is 1.57. The number of amides is 1. The maximum atomic E-state index is 13.0. The van der Waals surface area contributed by atoms with E-state index in [1.54, 1.807) is 12.1 Å². The maximum Gasteiger partial charge on any atom is 0.253 e. The third-order valence-electron chi connectivity index (χ3n) is 5.75. The van der Waals surface area contributed by atoms with Crippen LogP contribution in [0.3, 0.4) is 0 Å². The highest BCUT2D eigenvalue weighted by molar-refractivity contribution is 7.89. The van der Waals surface area contributed by atoms with E-state index in [4.69, 9.17) is 5.26 Å². The van der Waals surface area contributed by atoms with E-state index >= 15 is 0 Å². The predicted molar refractivity (Wildman–Crippen MR) is 123 cm³/mol. The first-order chi connectivity index (χ1) is 15.3. The molecule has 1 fully saturated rings. The van der Waals surface area contributed by atoms with E-state index in [0.717, 1.165) is 31.6 Å². The van der Waals surface area contributed by atoms with Gasteiger partial charge in [0, 0.05) is 44.3 Å². The van der Waals surface area contributed by atoms with Crippen LogP contribution >= 0.6 is 0 Å². The summed E-state index contributed by atoms with van der Waals surface area (Å²) in [7, 11) is -3.59. The Morgan fingerprint density at radius 2 is 1.75 bits per heavy atom. The number of sulfonamides is 1. The Morgan fingerprint density at radius 1 is 1.06 bits per heavy atom. The Kier molecular flexibility index (Phi) is 8.02. The average molecular weight is 455 g/mol. The minimum Gasteiger partial charge on any atom is -0.337 e. The molecule has 170 valence electrons. The summed E-state index contributed by atoms with van der Waals surface area (Å²) in [5, 5.41) is 8.93. The van der Waals surface area contributed by atoms with Crippen LogP contribution in [0, 0.1) is 11.3 Å². The minimum absolute atomic E-state index is 0.0796. The Balaban J connectivity index is 1.60. The molecule has 0 spiro atoms. The summed E-state index contributed by atoms with van der Waals surface area (Å²) in [6, 6.07) is 15.7. The Labute approximate surface area is 190 Å². The van der Waals surface area contributed by atoms with Gasteiger partial charge in [0.1, 0.15) is 0 Å². The van der Waals surface area contributed by atoms with E-state index < -0.39 is 10.0 Å². The molecule has 0 aromatic heterocycles. The van der Waals surface area contributed by atoms with Crippen LogP contribution in [-0.4, -0.2) is 56.3 Å². The highest BCUT2D eigenvalue weighted by atomic mass is 32.2. The van der Waals surface area contributed by atoms with Crippen LogP contribution in [0.5, 0.6) is 0 Å². The number of hydrogen-bond acceptors (Lipinski definition) is 5. The molecule has 0 unspecified atom stereocenters. The number of rotatable bonds is 7. The monoisotopic (exact) mass is 454 g/mol. The zero-order valence-electron chi connectivity index (χ0n) is 18.6. The summed E-state index contributed by atoms with van der Waals surface area (Å²) in [5.41, 5.74) is 2.29. The molecule has 8 heteroatoms. The van der Waals surface area contributed by atoms with Crippen LogP contribution in [0.15, 0.2) is 53.4 Å². The molecule has 1 heterocycles. The van der Waals surface area contributed by atoms with Crippen molar-refractivity contribution >= 4 is 15.9 Å². The molecule has 1 amide bonds. The molecule has 3 rings (SSSR count). The molecule has 1 saturated heterocycles. The minimum atomic E-state index is -3.59. The van der Waals surface area contributed by atoms with Gasteiger partial charge in [0.05, 0.1) is 16.5 Å². The lowest BCUT2D eigenvalue weighted by molar-refractivity contribution is 0.0761. The molecular formula is C24H30N4O3S. The second kappa shape index (κ2) is 10.7. The molecule has 0 bridgehead atoms. The summed E-state index contributed by atoms with van der Waals surface area (Å²) in [4.78, 5) is 17.3. The lowest BCUT2D eigenvalue weighted by Crippen LogP contribution is -2.35. The van der Waals surface area contributed by atoms with E-state index in [1.165, 1.54) is 12.1 Å². The number of nitriles is 1. The van der Waals surface area contributed by atoms with Crippen molar-refractivity contribution in [1.82, 2.24) is 14.5 Å². The quantitative estimate of drug-likeness (QED) is 0.694. The lowest BCUT2D eigenvalue weighted by atomic mass is 10.1. The van der Waals surface area contributed by atoms with E-state index in [9.17, 15) is 13.2 Å². The summed E-state index contributed by atoms with van der Waals surface area (Å²) >= 11 is 0. The van der Waals surface area contributed by atoms with Gasteiger partial charge in [0.25, 0.3) is 5.91 Å². The molecule has 1 aliphatic heterocycles. The fraction of sp³-hybridized carbons (Fsp3) is 0.417. The van der Waals surface area contributed by atoms with Gasteiger partial charge in [-0.2, -0.15) is 5.26 Å². The van der Waals surface area contributed by atoms with Crippen molar-refractivity contribution in [3.63, 3.8) is 0 Å². The van der Waals surface area contributed by atoms with Gasteiger partial charge in [-0.1, -0.05) is 19.1 Å².